The van der Waals surface area contributed by atoms with Crippen LogP contribution in [0.2, 0.25) is 0 Å². The molecule has 3 rings (SSSR count). The largest absolute Gasteiger partial charge is 0.315 e. The van der Waals surface area contributed by atoms with Gasteiger partial charge in [0.25, 0.3) is 0 Å². The lowest BCUT2D eigenvalue weighted by molar-refractivity contribution is -0.125. The van der Waals surface area contributed by atoms with Crippen molar-refractivity contribution in [2.24, 2.45) is 16.7 Å². The molecule has 2 aliphatic rings. The van der Waals surface area contributed by atoms with Crippen molar-refractivity contribution < 1.29 is 4.79 Å². The fourth-order valence-corrected chi connectivity index (χ4v) is 4.21. The van der Waals surface area contributed by atoms with Gasteiger partial charge in [-0.1, -0.05) is 44.2 Å². The van der Waals surface area contributed by atoms with Crippen molar-refractivity contribution in [1.82, 2.24) is 0 Å². The molecule has 2 bridgehead atoms. The van der Waals surface area contributed by atoms with Crippen LogP contribution in [0.15, 0.2) is 42.5 Å². The minimum atomic E-state index is -0.321. The summed E-state index contributed by atoms with van der Waals surface area (Å²) in [5, 5.41) is 0. The van der Waals surface area contributed by atoms with Gasteiger partial charge in [0.2, 0.25) is 5.91 Å². The summed E-state index contributed by atoms with van der Waals surface area (Å²) in [6.07, 6.45) is 3.10. The number of rotatable bonds is 2. The Balaban J connectivity index is 1.94. The molecule has 0 radical (unpaired) electrons. The molecule has 1 aromatic carbocycles. The molecule has 0 aliphatic heterocycles. The molecule has 106 valence electrons. The van der Waals surface area contributed by atoms with Gasteiger partial charge in [-0.15, -0.1) is 0 Å². The highest BCUT2D eigenvalue weighted by Crippen LogP contribution is 2.65. The Bertz CT molecular complexity index is 560. The Labute approximate surface area is 121 Å². The summed E-state index contributed by atoms with van der Waals surface area (Å²) < 4.78 is 0. The summed E-state index contributed by atoms with van der Waals surface area (Å²) in [5.74, 6) is 0.838. The standard InChI is InChI=1S/C18H23NO/c1-13-17(2,3)14-10-11-18(13,12-14)16(20)19(4)15-8-6-5-7-9-15/h5-9,14H,1,10-12H2,2-4H3. The van der Waals surface area contributed by atoms with Gasteiger partial charge in [-0.3, -0.25) is 4.79 Å². The van der Waals surface area contributed by atoms with Crippen molar-refractivity contribution in [1.29, 1.82) is 0 Å². The second kappa shape index (κ2) is 4.21. The van der Waals surface area contributed by atoms with Gasteiger partial charge >= 0.3 is 0 Å². The van der Waals surface area contributed by atoms with Crippen LogP contribution in [0.25, 0.3) is 0 Å². The first-order valence-corrected chi connectivity index (χ1v) is 7.43. The summed E-state index contributed by atoms with van der Waals surface area (Å²) in [4.78, 5) is 14.9. The number of benzene rings is 1. The third-order valence-electron chi connectivity index (χ3n) is 5.75. The van der Waals surface area contributed by atoms with Crippen LogP contribution < -0.4 is 4.90 Å². The second-order valence-electron chi connectivity index (χ2n) is 6.92. The molecule has 0 heterocycles. The zero-order valence-electron chi connectivity index (χ0n) is 12.6. The van der Waals surface area contributed by atoms with E-state index in [1.807, 2.05) is 42.3 Å². The van der Waals surface area contributed by atoms with Crippen LogP contribution in [0.4, 0.5) is 5.69 Å². The van der Waals surface area contributed by atoms with E-state index in [4.69, 9.17) is 0 Å². The highest BCUT2D eigenvalue weighted by atomic mass is 16.2. The number of hydrogen-bond acceptors (Lipinski definition) is 1. The first-order valence-electron chi connectivity index (χ1n) is 7.43. The second-order valence-corrected chi connectivity index (χ2v) is 6.92. The highest BCUT2D eigenvalue weighted by molar-refractivity contribution is 6.00. The summed E-state index contributed by atoms with van der Waals surface area (Å²) in [6.45, 7) is 8.80. The molecule has 2 aliphatic carbocycles. The number of nitrogens with zero attached hydrogens (tertiary/aromatic N) is 1. The lowest BCUT2D eigenvalue weighted by Gasteiger charge is -2.38. The molecule has 2 unspecified atom stereocenters. The zero-order valence-corrected chi connectivity index (χ0v) is 12.6. The number of carbonyl (C=O) groups is 1. The van der Waals surface area contributed by atoms with Gasteiger partial charge in [0.1, 0.15) is 0 Å². The number of amides is 1. The lowest BCUT2D eigenvalue weighted by atomic mass is 9.68. The van der Waals surface area contributed by atoms with Crippen LogP contribution in [0.1, 0.15) is 33.1 Å². The first kappa shape index (κ1) is 13.4. The average Bonchev–Trinajstić information content (AvgIpc) is 2.98. The van der Waals surface area contributed by atoms with Crippen molar-refractivity contribution in [3.8, 4) is 0 Å². The number of anilines is 1. The molecule has 2 fully saturated rings. The van der Waals surface area contributed by atoms with Gasteiger partial charge in [0.05, 0.1) is 5.41 Å². The van der Waals surface area contributed by atoms with Crippen molar-refractivity contribution >= 4 is 11.6 Å². The van der Waals surface area contributed by atoms with Crippen molar-refractivity contribution in [2.75, 3.05) is 11.9 Å². The topological polar surface area (TPSA) is 20.3 Å². The Hall–Kier alpha value is -1.57. The number of para-hydroxylation sites is 1. The molecule has 0 saturated heterocycles. The molecule has 0 N–H and O–H groups in total. The molecule has 1 amide bonds. The lowest BCUT2D eigenvalue weighted by Crippen LogP contribution is -2.42. The molecule has 2 nitrogen and oxygen atoms in total. The van der Waals surface area contributed by atoms with E-state index in [0.29, 0.717) is 5.92 Å². The van der Waals surface area contributed by atoms with E-state index in [9.17, 15) is 4.79 Å². The Morgan fingerprint density at radius 2 is 1.95 bits per heavy atom. The van der Waals surface area contributed by atoms with E-state index >= 15 is 0 Å². The zero-order chi connectivity index (χ0) is 14.5. The minimum Gasteiger partial charge on any atom is -0.315 e. The van der Waals surface area contributed by atoms with Crippen LogP contribution in [0, 0.1) is 16.7 Å². The number of fused-ring (bicyclic) bond motifs is 2. The Morgan fingerprint density at radius 1 is 1.30 bits per heavy atom. The van der Waals surface area contributed by atoms with Crippen molar-refractivity contribution in [3.05, 3.63) is 42.5 Å². The van der Waals surface area contributed by atoms with E-state index in [0.717, 1.165) is 30.5 Å². The van der Waals surface area contributed by atoms with Crippen LogP contribution >= 0.6 is 0 Å². The first-order chi connectivity index (χ1) is 9.39. The van der Waals surface area contributed by atoms with Crippen LogP contribution in [-0.2, 0) is 4.79 Å². The Kier molecular flexibility index (Phi) is 2.82. The molecule has 0 spiro atoms. The average molecular weight is 269 g/mol. The minimum absolute atomic E-state index is 0.103. The Morgan fingerprint density at radius 3 is 2.50 bits per heavy atom. The van der Waals surface area contributed by atoms with Gasteiger partial charge < -0.3 is 4.90 Å². The third-order valence-corrected chi connectivity index (χ3v) is 5.75. The molecule has 2 heteroatoms. The van der Waals surface area contributed by atoms with E-state index in [-0.39, 0.29) is 16.7 Å². The van der Waals surface area contributed by atoms with E-state index < -0.39 is 0 Å². The van der Waals surface area contributed by atoms with Gasteiger partial charge in [-0.25, -0.2) is 0 Å². The van der Waals surface area contributed by atoms with Crippen molar-refractivity contribution in [3.63, 3.8) is 0 Å². The van der Waals surface area contributed by atoms with Gasteiger partial charge in [-0.05, 0) is 42.7 Å². The maximum absolute atomic E-state index is 13.1. The van der Waals surface area contributed by atoms with Gasteiger partial charge in [-0.2, -0.15) is 0 Å². The van der Waals surface area contributed by atoms with Crippen LogP contribution in [0.5, 0.6) is 0 Å². The van der Waals surface area contributed by atoms with Gasteiger partial charge in [0.15, 0.2) is 0 Å². The summed E-state index contributed by atoms with van der Waals surface area (Å²) >= 11 is 0. The van der Waals surface area contributed by atoms with E-state index in [1.54, 1.807) is 0 Å². The predicted molar refractivity (Wildman–Crippen MR) is 82.5 cm³/mol. The van der Waals surface area contributed by atoms with E-state index in [2.05, 4.69) is 20.4 Å². The maximum Gasteiger partial charge on any atom is 0.237 e. The number of hydrogen-bond donors (Lipinski definition) is 0. The van der Waals surface area contributed by atoms with Crippen LogP contribution in [-0.4, -0.2) is 13.0 Å². The molecule has 2 atom stereocenters. The highest BCUT2D eigenvalue weighted by Gasteiger charge is 2.61. The SMILES string of the molecule is C=C1C2(C(=O)N(C)c3ccccc3)CCC(C2)C1(C)C. The monoisotopic (exact) mass is 269 g/mol. The van der Waals surface area contributed by atoms with Crippen molar-refractivity contribution in [2.45, 2.75) is 33.1 Å². The molecule has 2 saturated carbocycles. The van der Waals surface area contributed by atoms with Crippen LogP contribution in [0.3, 0.4) is 0 Å². The quantitative estimate of drug-likeness (QED) is 0.742. The molecular weight excluding hydrogens is 246 g/mol. The molecule has 1 aromatic rings. The summed E-state index contributed by atoms with van der Waals surface area (Å²) in [7, 11) is 1.89. The number of carbonyl (C=O) groups excluding carboxylic acids is 1. The predicted octanol–water partition coefficient (Wildman–Crippen LogP) is 4.03. The van der Waals surface area contributed by atoms with E-state index in [1.165, 1.54) is 0 Å². The fourth-order valence-electron chi connectivity index (χ4n) is 4.21. The summed E-state index contributed by atoms with van der Waals surface area (Å²) in [6, 6.07) is 9.90. The maximum atomic E-state index is 13.1. The molecular formula is C18H23NO. The van der Waals surface area contributed by atoms with Gasteiger partial charge in [0, 0.05) is 12.7 Å². The smallest absolute Gasteiger partial charge is 0.237 e. The fraction of sp³-hybridized carbons (Fsp3) is 0.500. The third kappa shape index (κ3) is 1.60. The normalized spacial score (nSPS) is 30.6. The molecule has 20 heavy (non-hydrogen) atoms. The molecule has 0 aromatic heterocycles. The summed E-state index contributed by atoms with van der Waals surface area (Å²) in [5.41, 5.74) is 1.89.